The summed E-state index contributed by atoms with van der Waals surface area (Å²) in [5.41, 5.74) is 0.999. The van der Waals surface area contributed by atoms with Crippen LogP contribution in [0.25, 0.3) is 0 Å². The molecule has 0 unspecified atom stereocenters. The molecule has 138 valence electrons. The summed E-state index contributed by atoms with van der Waals surface area (Å²) in [4.78, 5) is 4.55. The van der Waals surface area contributed by atoms with Gasteiger partial charge in [0.2, 0.25) is 10.0 Å². The highest BCUT2D eigenvalue weighted by atomic mass is 32.2. The van der Waals surface area contributed by atoms with E-state index < -0.39 is 10.0 Å². The molecule has 0 bridgehead atoms. The van der Waals surface area contributed by atoms with Crippen molar-refractivity contribution in [1.29, 1.82) is 0 Å². The molecule has 1 aliphatic rings. The van der Waals surface area contributed by atoms with Gasteiger partial charge in [-0.1, -0.05) is 12.5 Å². The van der Waals surface area contributed by atoms with Crippen LogP contribution in [-0.2, 0) is 10.0 Å². The Morgan fingerprint density at radius 1 is 1.12 bits per heavy atom. The van der Waals surface area contributed by atoms with Gasteiger partial charge in [-0.3, -0.25) is 4.99 Å². The van der Waals surface area contributed by atoms with Crippen molar-refractivity contribution in [3.63, 3.8) is 0 Å². The van der Waals surface area contributed by atoms with Crippen LogP contribution in [0.2, 0.25) is 0 Å². The number of nitrogens with zero attached hydrogens (tertiary/aromatic N) is 2. The molecule has 1 fully saturated rings. The van der Waals surface area contributed by atoms with Crippen LogP contribution in [0, 0.1) is 0 Å². The average Bonchev–Trinajstić information content (AvgIpc) is 2.68. The van der Waals surface area contributed by atoms with Crippen molar-refractivity contribution in [1.82, 2.24) is 4.31 Å². The fraction of sp³-hybridized carbons (Fsp3) is 0.316. The largest absolute Gasteiger partial charge is 0.507 e. The van der Waals surface area contributed by atoms with Crippen LogP contribution in [0.5, 0.6) is 11.5 Å². The maximum Gasteiger partial charge on any atom is 0.243 e. The van der Waals surface area contributed by atoms with Gasteiger partial charge in [-0.2, -0.15) is 4.31 Å². The van der Waals surface area contributed by atoms with E-state index in [1.807, 2.05) is 0 Å². The Morgan fingerprint density at radius 3 is 2.62 bits per heavy atom. The molecule has 0 spiro atoms. The van der Waals surface area contributed by atoms with Crippen LogP contribution in [0.4, 0.5) is 5.69 Å². The minimum absolute atomic E-state index is 0.0756. The van der Waals surface area contributed by atoms with Gasteiger partial charge in [0.15, 0.2) is 0 Å². The number of piperidine rings is 1. The van der Waals surface area contributed by atoms with E-state index in [4.69, 9.17) is 4.74 Å². The Morgan fingerprint density at radius 2 is 1.88 bits per heavy atom. The molecule has 0 saturated carbocycles. The van der Waals surface area contributed by atoms with E-state index in [0.29, 0.717) is 30.1 Å². The first-order valence-electron chi connectivity index (χ1n) is 8.52. The van der Waals surface area contributed by atoms with Gasteiger partial charge in [-0.05, 0) is 49.2 Å². The summed E-state index contributed by atoms with van der Waals surface area (Å²) in [6.45, 7) is 1.13. The number of aromatic hydroxyl groups is 1. The summed E-state index contributed by atoms with van der Waals surface area (Å²) >= 11 is 0. The number of phenols is 1. The summed E-state index contributed by atoms with van der Waals surface area (Å²) in [6, 6.07) is 11.4. The van der Waals surface area contributed by atoms with Crippen LogP contribution in [-0.4, -0.2) is 44.2 Å². The molecule has 0 aliphatic carbocycles. The Bertz CT molecular complexity index is 904. The first-order chi connectivity index (χ1) is 12.5. The zero-order valence-corrected chi connectivity index (χ0v) is 15.4. The molecule has 1 heterocycles. The van der Waals surface area contributed by atoms with E-state index in [0.717, 1.165) is 19.3 Å². The number of phenolic OH excluding ortho intramolecular Hbond substituents is 1. The lowest BCUT2D eigenvalue weighted by molar-refractivity contribution is 0.346. The van der Waals surface area contributed by atoms with Gasteiger partial charge in [0.1, 0.15) is 11.5 Å². The van der Waals surface area contributed by atoms with Crippen molar-refractivity contribution in [3.8, 4) is 11.5 Å². The number of methoxy groups -OCH3 is 1. The second-order valence-electron chi connectivity index (χ2n) is 6.15. The van der Waals surface area contributed by atoms with Crippen molar-refractivity contribution in [2.24, 2.45) is 4.99 Å². The fourth-order valence-electron chi connectivity index (χ4n) is 2.89. The highest BCUT2D eigenvalue weighted by Crippen LogP contribution is 2.25. The van der Waals surface area contributed by atoms with Crippen molar-refractivity contribution >= 4 is 21.9 Å². The molecule has 0 amide bonds. The van der Waals surface area contributed by atoms with Gasteiger partial charge in [-0.25, -0.2) is 8.42 Å². The van der Waals surface area contributed by atoms with E-state index in [1.54, 1.807) is 43.5 Å². The van der Waals surface area contributed by atoms with E-state index in [-0.39, 0.29) is 10.6 Å². The summed E-state index contributed by atoms with van der Waals surface area (Å²) in [6.07, 6.45) is 4.35. The number of rotatable bonds is 5. The highest BCUT2D eigenvalue weighted by molar-refractivity contribution is 7.89. The topological polar surface area (TPSA) is 79.2 Å². The molecule has 0 atom stereocenters. The average molecular weight is 374 g/mol. The number of benzene rings is 2. The summed E-state index contributed by atoms with van der Waals surface area (Å²) in [5.74, 6) is 0.678. The van der Waals surface area contributed by atoms with Gasteiger partial charge in [0, 0.05) is 24.9 Å². The first-order valence-corrected chi connectivity index (χ1v) is 9.96. The number of ether oxygens (including phenoxy) is 1. The fourth-order valence-corrected chi connectivity index (χ4v) is 4.44. The highest BCUT2D eigenvalue weighted by Gasteiger charge is 2.25. The van der Waals surface area contributed by atoms with E-state index in [9.17, 15) is 13.5 Å². The summed E-state index contributed by atoms with van der Waals surface area (Å²) in [7, 11) is -1.95. The van der Waals surface area contributed by atoms with E-state index in [2.05, 4.69) is 4.99 Å². The van der Waals surface area contributed by atoms with E-state index in [1.165, 1.54) is 16.6 Å². The number of hydrogen-bond acceptors (Lipinski definition) is 5. The smallest absolute Gasteiger partial charge is 0.243 e. The van der Waals surface area contributed by atoms with Gasteiger partial charge in [0.05, 0.1) is 17.7 Å². The maximum absolute atomic E-state index is 12.8. The zero-order valence-electron chi connectivity index (χ0n) is 14.6. The number of hydrogen-bond donors (Lipinski definition) is 1. The van der Waals surface area contributed by atoms with E-state index >= 15 is 0 Å². The minimum atomic E-state index is -3.50. The second-order valence-corrected chi connectivity index (χ2v) is 8.08. The molecule has 1 N–H and O–H groups in total. The SMILES string of the molecule is COc1ccc(O)c(C=Nc2cccc(S(=O)(=O)N3CCCCC3)c2)c1. The normalized spacial score (nSPS) is 16.0. The van der Waals surface area contributed by atoms with Crippen LogP contribution in [0.1, 0.15) is 24.8 Å². The summed E-state index contributed by atoms with van der Waals surface area (Å²) in [5, 5.41) is 9.91. The molecule has 26 heavy (non-hydrogen) atoms. The third-order valence-electron chi connectivity index (χ3n) is 4.36. The predicted octanol–water partition coefficient (Wildman–Crippen LogP) is 3.33. The van der Waals surface area contributed by atoms with Crippen LogP contribution < -0.4 is 4.74 Å². The molecular weight excluding hydrogens is 352 g/mol. The molecule has 2 aromatic rings. The van der Waals surface area contributed by atoms with Gasteiger partial charge >= 0.3 is 0 Å². The minimum Gasteiger partial charge on any atom is -0.507 e. The third-order valence-corrected chi connectivity index (χ3v) is 6.25. The number of aliphatic imine (C=N–C) groups is 1. The van der Waals surface area contributed by atoms with Gasteiger partial charge in [0.25, 0.3) is 0 Å². The zero-order chi connectivity index (χ0) is 18.6. The Labute approximate surface area is 153 Å². The van der Waals surface area contributed by atoms with Crippen molar-refractivity contribution in [2.45, 2.75) is 24.2 Å². The standard InChI is InChI=1S/C19H22N2O4S/c1-25-17-8-9-19(22)15(12-17)14-20-16-6-5-7-18(13-16)26(23,24)21-10-3-2-4-11-21/h5-9,12-14,22H,2-4,10-11H2,1H3. The Hall–Kier alpha value is -2.38. The Balaban J connectivity index is 1.85. The predicted molar refractivity (Wildman–Crippen MR) is 101 cm³/mol. The van der Waals surface area contributed by atoms with Crippen LogP contribution in [0.15, 0.2) is 52.4 Å². The van der Waals surface area contributed by atoms with Crippen LogP contribution in [0.3, 0.4) is 0 Å². The van der Waals surface area contributed by atoms with Crippen LogP contribution >= 0.6 is 0 Å². The lowest BCUT2D eigenvalue weighted by atomic mass is 10.2. The third kappa shape index (κ3) is 4.05. The van der Waals surface area contributed by atoms with Gasteiger partial charge < -0.3 is 9.84 Å². The van der Waals surface area contributed by atoms with Crippen molar-refractivity contribution in [3.05, 3.63) is 48.0 Å². The molecule has 0 radical (unpaired) electrons. The molecule has 7 heteroatoms. The number of sulfonamides is 1. The molecule has 6 nitrogen and oxygen atoms in total. The first kappa shape index (κ1) is 18.4. The second kappa shape index (κ2) is 7.88. The molecule has 0 aromatic heterocycles. The molecule has 3 rings (SSSR count). The Kier molecular flexibility index (Phi) is 5.58. The molecule has 2 aromatic carbocycles. The maximum atomic E-state index is 12.8. The molecule has 1 saturated heterocycles. The van der Waals surface area contributed by atoms with Crippen molar-refractivity contribution < 1.29 is 18.3 Å². The molecule has 1 aliphatic heterocycles. The quantitative estimate of drug-likeness (QED) is 0.814. The monoisotopic (exact) mass is 374 g/mol. The summed E-state index contributed by atoms with van der Waals surface area (Å²) < 4.78 is 32.2. The van der Waals surface area contributed by atoms with Gasteiger partial charge in [-0.15, -0.1) is 0 Å². The lowest BCUT2D eigenvalue weighted by Gasteiger charge is -2.25. The lowest BCUT2D eigenvalue weighted by Crippen LogP contribution is -2.35. The molecular formula is C19H22N2O4S. The van der Waals surface area contributed by atoms with Crippen molar-refractivity contribution in [2.75, 3.05) is 20.2 Å².